The average molecular weight is 267 g/mol. The summed E-state index contributed by atoms with van der Waals surface area (Å²) in [7, 11) is 2.19. The molecule has 2 N–H and O–H groups in total. The zero-order chi connectivity index (χ0) is 13.1. The lowest BCUT2D eigenvalue weighted by Gasteiger charge is -2.29. The van der Waals surface area contributed by atoms with E-state index >= 15 is 0 Å². The van der Waals surface area contributed by atoms with Gasteiger partial charge < -0.3 is 10.6 Å². The quantitative estimate of drug-likeness (QED) is 0.902. The van der Waals surface area contributed by atoms with Gasteiger partial charge in [-0.15, -0.1) is 0 Å². The number of hydrogen-bond donors (Lipinski definition) is 1. The van der Waals surface area contributed by atoms with Crippen LogP contribution in [0.15, 0.2) is 18.2 Å². The van der Waals surface area contributed by atoms with Gasteiger partial charge in [0.15, 0.2) is 0 Å². The van der Waals surface area contributed by atoms with Crippen molar-refractivity contribution in [3.63, 3.8) is 0 Å². The topological polar surface area (TPSA) is 29.3 Å². The largest absolute Gasteiger partial charge is 0.371 e. The van der Waals surface area contributed by atoms with E-state index in [4.69, 9.17) is 17.3 Å². The van der Waals surface area contributed by atoms with Gasteiger partial charge in [0, 0.05) is 29.8 Å². The van der Waals surface area contributed by atoms with Crippen molar-refractivity contribution in [1.29, 1.82) is 0 Å². The Kier molecular flexibility index (Phi) is 4.52. The van der Waals surface area contributed by atoms with Crippen LogP contribution in [0.1, 0.15) is 38.2 Å². The minimum atomic E-state index is 0.139. The average Bonchev–Trinajstić information content (AvgIpc) is 2.84. The van der Waals surface area contributed by atoms with Crippen LogP contribution < -0.4 is 10.6 Å². The lowest BCUT2D eigenvalue weighted by molar-refractivity contribution is 0.646. The third-order valence-electron chi connectivity index (χ3n) is 3.87. The van der Waals surface area contributed by atoms with Crippen LogP contribution in [0, 0.1) is 0 Å². The smallest absolute Gasteiger partial charge is 0.0459 e. The molecule has 1 aromatic carbocycles. The minimum Gasteiger partial charge on any atom is -0.371 e. The maximum Gasteiger partial charge on any atom is 0.0459 e. The number of benzene rings is 1. The monoisotopic (exact) mass is 266 g/mol. The van der Waals surface area contributed by atoms with Crippen molar-refractivity contribution >= 4 is 17.3 Å². The van der Waals surface area contributed by atoms with Crippen molar-refractivity contribution in [2.24, 2.45) is 5.73 Å². The highest BCUT2D eigenvalue weighted by atomic mass is 35.5. The van der Waals surface area contributed by atoms with Crippen molar-refractivity contribution in [3.05, 3.63) is 28.8 Å². The van der Waals surface area contributed by atoms with Crippen LogP contribution in [-0.4, -0.2) is 19.1 Å². The molecule has 2 rings (SSSR count). The van der Waals surface area contributed by atoms with Crippen LogP contribution in [0.2, 0.25) is 5.02 Å². The Morgan fingerprint density at radius 2 is 2.06 bits per heavy atom. The molecule has 0 spiro atoms. The summed E-state index contributed by atoms with van der Waals surface area (Å²) >= 11 is 6.34. The van der Waals surface area contributed by atoms with Gasteiger partial charge in [-0.3, -0.25) is 0 Å². The third kappa shape index (κ3) is 2.99. The fourth-order valence-electron chi connectivity index (χ4n) is 2.89. The van der Waals surface area contributed by atoms with Gasteiger partial charge in [0.1, 0.15) is 0 Å². The number of hydrogen-bond acceptors (Lipinski definition) is 2. The van der Waals surface area contributed by atoms with Crippen molar-refractivity contribution in [2.45, 2.75) is 51.1 Å². The Hall–Kier alpha value is -0.730. The molecule has 1 fully saturated rings. The summed E-state index contributed by atoms with van der Waals surface area (Å²) in [5, 5.41) is 0.842. The first-order valence-electron chi connectivity index (χ1n) is 6.85. The lowest BCUT2D eigenvalue weighted by Crippen LogP contribution is -2.30. The molecule has 0 aliphatic heterocycles. The van der Waals surface area contributed by atoms with Gasteiger partial charge in [-0.2, -0.15) is 0 Å². The SMILES string of the molecule is CC(N)Cc1c(Cl)cccc1N(C)C1CCCC1. The van der Waals surface area contributed by atoms with E-state index in [1.165, 1.54) is 36.9 Å². The molecule has 18 heavy (non-hydrogen) atoms. The van der Waals surface area contributed by atoms with Crippen LogP contribution >= 0.6 is 11.6 Å². The second-order valence-corrected chi connectivity index (χ2v) is 5.88. The maximum atomic E-state index is 6.34. The van der Waals surface area contributed by atoms with Gasteiger partial charge in [0.25, 0.3) is 0 Å². The number of nitrogens with zero attached hydrogens (tertiary/aromatic N) is 1. The summed E-state index contributed by atoms with van der Waals surface area (Å²) < 4.78 is 0. The Morgan fingerprint density at radius 1 is 1.39 bits per heavy atom. The molecule has 100 valence electrons. The zero-order valence-corrected chi connectivity index (χ0v) is 12.1. The summed E-state index contributed by atoms with van der Waals surface area (Å²) in [6.45, 7) is 2.03. The van der Waals surface area contributed by atoms with E-state index in [2.05, 4.69) is 18.0 Å². The molecule has 1 aromatic rings. The fraction of sp³-hybridized carbons (Fsp3) is 0.600. The molecule has 1 aliphatic carbocycles. The highest BCUT2D eigenvalue weighted by molar-refractivity contribution is 6.31. The summed E-state index contributed by atoms with van der Waals surface area (Å²) in [6.07, 6.45) is 6.11. The predicted octanol–water partition coefficient (Wildman–Crippen LogP) is 3.61. The van der Waals surface area contributed by atoms with Gasteiger partial charge in [-0.05, 0) is 43.9 Å². The minimum absolute atomic E-state index is 0.139. The molecular formula is C15H23ClN2. The van der Waals surface area contributed by atoms with Crippen molar-refractivity contribution < 1.29 is 0 Å². The second-order valence-electron chi connectivity index (χ2n) is 5.47. The number of anilines is 1. The molecule has 1 saturated carbocycles. The van der Waals surface area contributed by atoms with Gasteiger partial charge in [0.05, 0.1) is 0 Å². The lowest BCUT2D eigenvalue weighted by atomic mass is 10.0. The molecular weight excluding hydrogens is 244 g/mol. The zero-order valence-electron chi connectivity index (χ0n) is 11.3. The summed E-state index contributed by atoms with van der Waals surface area (Å²) in [5.74, 6) is 0. The van der Waals surface area contributed by atoms with Crippen LogP contribution in [0.4, 0.5) is 5.69 Å². The van der Waals surface area contributed by atoms with Crippen LogP contribution in [0.5, 0.6) is 0 Å². The van der Waals surface area contributed by atoms with Crippen molar-refractivity contribution in [1.82, 2.24) is 0 Å². The molecule has 0 aromatic heterocycles. The standard InChI is InChI=1S/C15H23ClN2/c1-11(17)10-13-14(16)8-5-9-15(13)18(2)12-6-3-4-7-12/h5,8-9,11-12H,3-4,6-7,10,17H2,1-2H3. The molecule has 0 radical (unpaired) electrons. The van der Waals surface area contributed by atoms with Gasteiger partial charge >= 0.3 is 0 Å². The predicted molar refractivity (Wildman–Crippen MR) is 79.5 cm³/mol. The molecule has 0 saturated heterocycles. The summed E-state index contributed by atoms with van der Waals surface area (Å²) in [5.41, 5.74) is 8.39. The van der Waals surface area contributed by atoms with E-state index in [0.29, 0.717) is 6.04 Å². The Bertz CT molecular complexity index is 397. The number of halogens is 1. The summed E-state index contributed by atoms with van der Waals surface area (Å²) in [4.78, 5) is 2.40. The highest BCUT2D eigenvalue weighted by Gasteiger charge is 2.22. The molecule has 3 heteroatoms. The van der Waals surface area contributed by atoms with Crippen LogP contribution in [-0.2, 0) is 6.42 Å². The normalized spacial score (nSPS) is 18.0. The number of rotatable bonds is 4. The van der Waals surface area contributed by atoms with E-state index in [1.807, 2.05) is 19.1 Å². The van der Waals surface area contributed by atoms with E-state index in [0.717, 1.165) is 11.4 Å². The number of nitrogens with two attached hydrogens (primary N) is 1. The van der Waals surface area contributed by atoms with Crippen molar-refractivity contribution in [3.8, 4) is 0 Å². The molecule has 0 amide bonds. The molecule has 0 bridgehead atoms. The first kappa shape index (κ1) is 13.7. The van der Waals surface area contributed by atoms with Crippen LogP contribution in [0.25, 0.3) is 0 Å². The molecule has 1 unspecified atom stereocenters. The maximum absolute atomic E-state index is 6.34. The third-order valence-corrected chi connectivity index (χ3v) is 4.23. The molecule has 1 aliphatic rings. The van der Waals surface area contributed by atoms with E-state index in [1.54, 1.807) is 0 Å². The Labute approximate surface area is 115 Å². The van der Waals surface area contributed by atoms with E-state index in [9.17, 15) is 0 Å². The van der Waals surface area contributed by atoms with Crippen molar-refractivity contribution in [2.75, 3.05) is 11.9 Å². The Balaban J connectivity index is 2.27. The van der Waals surface area contributed by atoms with Gasteiger partial charge in [-0.1, -0.05) is 30.5 Å². The molecule has 0 heterocycles. The summed E-state index contributed by atoms with van der Waals surface area (Å²) in [6, 6.07) is 6.97. The first-order valence-corrected chi connectivity index (χ1v) is 7.23. The molecule has 1 atom stereocenters. The highest BCUT2D eigenvalue weighted by Crippen LogP contribution is 2.33. The van der Waals surface area contributed by atoms with Gasteiger partial charge in [-0.25, -0.2) is 0 Å². The Morgan fingerprint density at radius 3 is 2.67 bits per heavy atom. The van der Waals surface area contributed by atoms with E-state index < -0.39 is 0 Å². The molecule has 2 nitrogen and oxygen atoms in total. The fourth-order valence-corrected chi connectivity index (χ4v) is 3.14. The van der Waals surface area contributed by atoms with Crippen LogP contribution in [0.3, 0.4) is 0 Å². The van der Waals surface area contributed by atoms with E-state index in [-0.39, 0.29) is 6.04 Å². The first-order chi connectivity index (χ1) is 8.59. The van der Waals surface area contributed by atoms with Gasteiger partial charge in [0.2, 0.25) is 0 Å². The second kappa shape index (κ2) is 5.94.